The van der Waals surface area contributed by atoms with E-state index in [-0.39, 0.29) is 11.4 Å². The summed E-state index contributed by atoms with van der Waals surface area (Å²) in [6, 6.07) is 7.68. The highest BCUT2D eigenvalue weighted by Crippen LogP contribution is 2.21. The predicted molar refractivity (Wildman–Crippen MR) is 96.7 cm³/mol. The third kappa shape index (κ3) is 3.68. The number of allylic oxidation sites excluding steroid dienone is 1. The summed E-state index contributed by atoms with van der Waals surface area (Å²) in [6.45, 7) is 4.55. The summed E-state index contributed by atoms with van der Waals surface area (Å²) in [5.41, 5.74) is -0.0527. The summed E-state index contributed by atoms with van der Waals surface area (Å²) in [5, 5.41) is 3.15. The Bertz CT molecular complexity index is 903. The van der Waals surface area contributed by atoms with Crippen molar-refractivity contribution in [2.45, 2.75) is 11.7 Å². The maximum absolute atomic E-state index is 12.8. The van der Waals surface area contributed by atoms with Crippen LogP contribution < -0.4 is 10.3 Å². The molecule has 0 atom stereocenters. The number of aromatic nitrogens is 2. The lowest BCUT2D eigenvalue weighted by molar-refractivity contribution is 0.343. The molecule has 0 aliphatic rings. The molecule has 24 heavy (non-hydrogen) atoms. The van der Waals surface area contributed by atoms with E-state index in [0.29, 0.717) is 35.2 Å². The lowest BCUT2D eigenvalue weighted by Gasteiger charge is -2.10. The van der Waals surface area contributed by atoms with E-state index in [1.165, 1.54) is 35.2 Å². The van der Waals surface area contributed by atoms with Crippen LogP contribution >= 0.6 is 23.1 Å². The fourth-order valence-electron chi connectivity index (χ4n) is 2.15. The minimum atomic E-state index is -0.293. The molecule has 0 unspecified atom stereocenters. The van der Waals surface area contributed by atoms with Gasteiger partial charge in [0, 0.05) is 12.3 Å². The van der Waals surface area contributed by atoms with Crippen LogP contribution in [0.2, 0.25) is 0 Å². The maximum Gasteiger partial charge on any atom is 0.263 e. The zero-order chi connectivity index (χ0) is 16.9. The summed E-state index contributed by atoms with van der Waals surface area (Å²) >= 11 is 2.90. The first-order valence-corrected chi connectivity index (χ1v) is 9.15. The zero-order valence-corrected chi connectivity index (χ0v) is 14.4. The van der Waals surface area contributed by atoms with Crippen molar-refractivity contribution >= 4 is 33.3 Å². The summed E-state index contributed by atoms with van der Waals surface area (Å²) in [4.78, 5) is 17.8. The van der Waals surface area contributed by atoms with Crippen LogP contribution in [0.5, 0.6) is 5.75 Å². The Hall–Kier alpha value is -2.12. The fourth-order valence-corrected chi connectivity index (χ4v) is 3.78. The van der Waals surface area contributed by atoms with Gasteiger partial charge in [0.15, 0.2) is 5.16 Å². The standard InChI is InChI=1S/C17H15FN2O2S2/c1-2-8-20-16(21)14-7-10-23-15(14)19-17(20)24-11-9-22-13-5-3-12(18)4-6-13/h2-7,10H,1,8-9,11H2. The van der Waals surface area contributed by atoms with Gasteiger partial charge in [0.05, 0.1) is 12.0 Å². The van der Waals surface area contributed by atoms with Crippen LogP contribution in [0.1, 0.15) is 0 Å². The van der Waals surface area contributed by atoms with E-state index in [1.54, 1.807) is 28.8 Å². The number of thioether (sulfide) groups is 1. The van der Waals surface area contributed by atoms with Crippen molar-refractivity contribution in [1.29, 1.82) is 0 Å². The van der Waals surface area contributed by atoms with Crippen molar-refractivity contribution in [3.05, 3.63) is 64.5 Å². The van der Waals surface area contributed by atoms with Gasteiger partial charge < -0.3 is 4.74 Å². The molecule has 0 amide bonds. The van der Waals surface area contributed by atoms with Crippen LogP contribution in [-0.4, -0.2) is 21.9 Å². The number of fused-ring (bicyclic) bond motifs is 1. The van der Waals surface area contributed by atoms with Gasteiger partial charge in [-0.2, -0.15) is 0 Å². The minimum Gasteiger partial charge on any atom is -0.493 e. The van der Waals surface area contributed by atoms with E-state index in [1.807, 2.05) is 5.38 Å². The Morgan fingerprint density at radius 1 is 1.33 bits per heavy atom. The summed E-state index contributed by atoms with van der Waals surface area (Å²) in [6.07, 6.45) is 1.68. The van der Waals surface area contributed by atoms with E-state index >= 15 is 0 Å². The Kier molecular flexibility index (Phi) is 5.32. The fraction of sp³-hybridized carbons (Fsp3) is 0.176. The molecule has 0 N–H and O–H groups in total. The molecule has 0 aliphatic carbocycles. The van der Waals surface area contributed by atoms with E-state index in [4.69, 9.17) is 4.74 Å². The van der Waals surface area contributed by atoms with Crippen molar-refractivity contribution in [2.24, 2.45) is 0 Å². The molecule has 2 heterocycles. The molecule has 3 rings (SSSR count). The molecule has 0 bridgehead atoms. The third-order valence-corrected chi connectivity index (χ3v) is 5.00. The Labute approximate surface area is 146 Å². The van der Waals surface area contributed by atoms with Gasteiger partial charge in [0.2, 0.25) is 0 Å². The van der Waals surface area contributed by atoms with Gasteiger partial charge in [-0.3, -0.25) is 9.36 Å². The first kappa shape index (κ1) is 16.7. The molecule has 0 fully saturated rings. The predicted octanol–water partition coefficient (Wildman–Crippen LogP) is 3.95. The number of benzene rings is 1. The number of hydrogen-bond acceptors (Lipinski definition) is 5. The molecule has 2 aromatic heterocycles. The van der Waals surface area contributed by atoms with Crippen LogP contribution in [0.3, 0.4) is 0 Å². The van der Waals surface area contributed by atoms with E-state index in [9.17, 15) is 9.18 Å². The molecule has 4 nitrogen and oxygen atoms in total. The highest BCUT2D eigenvalue weighted by Gasteiger charge is 2.11. The van der Waals surface area contributed by atoms with Gasteiger partial charge in [0.25, 0.3) is 5.56 Å². The monoisotopic (exact) mass is 362 g/mol. The molecule has 0 aliphatic heterocycles. The van der Waals surface area contributed by atoms with E-state index < -0.39 is 0 Å². The highest BCUT2D eigenvalue weighted by atomic mass is 32.2. The molecule has 3 aromatic rings. The van der Waals surface area contributed by atoms with E-state index in [2.05, 4.69) is 11.6 Å². The van der Waals surface area contributed by atoms with Crippen molar-refractivity contribution in [3.63, 3.8) is 0 Å². The Morgan fingerprint density at radius 3 is 2.88 bits per heavy atom. The van der Waals surface area contributed by atoms with E-state index in [0.717, 1.165) is 4.83 Å². The molecular weight excluding hydrogens is 347 g/mol. The molecule has 0 saturated carbocycles. The maximum atomic E-state index is 12.8. The molecular formula is C17H15FN2O2S2. The highest BCUT2D eigenvalue weighted by molar-refractivity contribution is 7.99. The Morgan fingerprint density at radius 2 is 2.12 bits per heavy atom. The molecule has 0 spiro atoms. The van der Waals surface area contributed by atoms with Gasteiger partial charge >= 0.3 is 0 Å². The van der Waals surface area contributed by atoms with Crippen molar-refractivity contribution < 1.29 is 9.13 Å². The third-order valence-electron chi connectivity index (χ3n) is 3.26. The van der Waals surface area contributed by atoms with Gasteiger partial charge in [-0.1, -0.05) is 17.8 Å². The number of nitrogens with zero attached hydrogens (tertiary/aromatic N) is 2. The summed E-state index contributed by atoms with van der Waals surface area (Å²) in [5.74, 6) is 0.943. The summed E-state index contributed by atoms with van der Waals surface area (Å²) < 4.78 is 20.0. The lowest BCUT2D eigenvalue weighted by Crippen LogP contribution is -2.22. The minimum absolute atomic E-state index is 0.0527. The molecule has 1 aromatic carbocycles. The molecule has 7 heteroatoms. The number of ether oxygens (including phenoxy) is 1. The lowest BCUT2D eigenvalue weighted by atomic mass is 10.3. The largest absolute Gasteiger partial charge is 0.493 e. The van der Waals surface area contributed by atoms with Crippen LogP contribution in [0.15, 0.2) is 58.3 Å². The van der Waals surface area contributed by atoms with Crippen LogP contribution in [0.25, 0.3) is 10.2 Å². The summed E-state index contributed by atoms with van der Waals surface area (Å²) in [7, 11) is 0. The molecule has 0 saturated heterocycles. The Balaban J connectivity index is 1.69. The average molecular weight is 362 g/mol. The van der Waals surface area contributed by atoms with Gasteiger partial charge in [-0.05, 0) is 35.7 Å². The number of halogens is 1. The van der Waals surface area contributed by atoms with Gasteiger partial charge in [0.1, 0.15) is 16.4 Å². The number of hydrogen-bond donors (Lipinski definition) is 0. The number of thiophene rings is 1. The quantitative estimate of drug-likeness (QED) is 0.276. The SMILES string of the molecule is C=CCn1c(SCCOc2ccc(F)cc2)nc2sccc2c1=O. The van der Waals surface area contributed by atoms with Crippen LogP contribution in [0.4, 0.5) is 4.39 Å². The average Bonchev–Trinajstić information content (AvgIpc) is 3.05. The topological polar surface area (TPSA) is 44.1 Å². The molecule has 0 radical (unpaired) electrons. The second kappa shape index (κ2) is 7.63. The first-order valence-electron chi connectivity index (χ1n) is 7.29. The van der Waals surface area contributed by atoms with Gasteiger partial charge in [-0.15, -0.1) is 17.9 Å². The van der Waals surface area contributed by atoms with Crippen molar-refractivity contribution in [1.82, 2.24) is 9.55 Å². The smallest absolute Gasteiger partial charge is 0.263 e. The molecule has 124 valence electrons. The van der Waals surface area contributed by atoms with Crippen LogP contribution in [0, 0.1) is 5.82 Å². The number of rotatable bonds is 7. The zero-order valence-electron chi connectivity index (χ0n) is 12.8. The first-order chi connectivity index (χ1) is 11.7. The van der Waals surface area contributed by atoms with Crippen LogP contribution in [-0.2, 0) is 6.54 Å². The van der Waals surface area contributed by atoms with Crippen molar-refractivity contribution in [3.8, 4) is 5.75 Å². The normalized spacial score (nSPS) is 10.9. The second-order valence-corrected chi connectivity index (χ2v) is 6.85. The second-order valence-electron chi connectivity index (χ2n) is 4.89. The van der Waals surface area contributed by atoms with Crippen molar-refractivity contribution in [2.75, 3.05) is 12.4 Å². The van der Waals surface area contributed by atoms with Gasteiger partial charge in [-0.25, -0.2) is 9.37 Å².